The third-order valence-electron chi connectivity index (χ3n) is 1.58. The van der Waals surface area contributed by atoms with Crippen LogP contribution < -0.4 is 4.74 Å². The van der Waals surface area contributed by atoms with Gasteiger partial charge >= 0.3 is 5.97 Å². The maximum Gasteiger partial charge on any atom is 0.344 e. The average Bonchev–Trinajstić information content (AvgIpc) is 2.15. The third-order valence-corrected chi connectivity index (χ3v) is 1.58. The number of aromatic nitrogens is 1. The maximum atomic E-state index is 11.7. The molecule has 82 valence electrons. The SMILES string of the molecule is COc1ncccc1C(=O)OC(C)(C)C. The molecule has 0 saturated heterocycles. The molecule has 0 aliphatic heterocycles. The van der Waals surface area contributed by atoms with Crippen LogP contribution in [0.5, 0.6) is 5.88 Å². The summed E-state index contributed by atoms with van der Waals surface area (Å²) < 4.78 is 10.2. The summed E-state index contributed by atoms with van der Waals surface area (Å²) in [5.74, 6) is -0.140. The highest BCUT2D eigenvalue weighted by Gasteiger charge is 2.21. The van der Waals surface area contributed by atoms with Crippen molar-refractivity contribution in [2.45, 2.75) is 26.4 Å². The molecule has 0 aliphatic carbocycles. The molecule has 1 rings (SSSR count). The average molecular weight is 209 g/mol. The van der Waals surface area contributed by atoms with Crippen LogP contribution in [0.25, 0.3) is 0 Å². The van der Waals surface area contributed by atoms with Crippen molar-refractivity contribution in [3.8, 4) is 5.88 Å². The van der Waals surface area contributed by atoms with E-state index in [2.05, 4.69) is 4.98 Å². The van der Waals surface area contributed by atoms with E-state index in [1.807, 2.05) is 20.8 Å². The molecule has 4 heteroatoms. The minimum Gasteiger partial charge on any atom is -0.480 e. The van der Waals surface area contributed by atoms with Gasteiger partial charge in [-0.15, -0.1) is 0 Å². The lowest BCUT2D eigenvalue weighted by Gasteiger charge is -2.19. The third kappa shape index (κ3) is 3.23. The Hall–Kier alpha value is -1.58. The zero-order valence-corrected chi connectivity index (χ0v) is 9.40. The molecule has 0 spiro atoms. The molecule has 0 saturated carbocycles. The van der Waals surface area contributed by atoms with Gasteiger partial charge in [0, 0.05) is 6.20 Å². The van der Waals surface area contributed by atoms with E-state index < -0.39 is 11.6 Å². The molecule has 1 heterocycles. The van der Waals surface area contributed by atoms with Gasteiger partial charge in [0.05, 0.1) is 7.11 Å². The predicted molar refractivity (Wildman–Crippen MR) is 56.0 cm³/mol. The van der Waals surface area contributed by atoms with E-state index in [0.717, 1.165) is 0 Å². The van der Waals surface area contributed by atoms with Crippen LogP contribution >= 0.6 is 0 Å². The van der Waals surface area contributed by atoms with E-state index in [1.165, 1.54) is 7.11 Å². The normalized spacial score (nSPS) is 10.9. The molecule has 0 radical (unpaired) electrons. The van der Waals surface area contributed by atoms with Gasteiger partial charge in [-0.2, -0.15) is 0 Å². The lowest BCUT2D eigenvalue weighted by Crippen LogP contribution is -2.24. The second-order valence-corrected chi connectivity index (χ2v) is 4.06. The van der Waals surface area contributed by atoms with Gasteiger partial charge < -0.3 is 9.47 Å². The van der Waals surface area contributed by atoms with Crippen molar-refractivity contribution in [3.63, 3.8) is 0 Å². The zero-order valence-electron chi connectivity index (χ0n) is 9.40. The van der Waals surface area contributed by atoms with Gasteiger partial charge in [-0.1, -0.05) is 0 Å². The molecule has 1 aromatic rings. The maximum absolute atomic E-state index is 11.7. The Bertz CT molecular complexity index is 355. The van der Waals surface area contributed by atoms with Crippen molar-refractivity contribution in [1.82, 2.24) is 4.98 Å². The van der Waals surface area contributed by atoms with Crippen molar-refractivity contribution in [2.75, 3.05) is 7.11 Å². The minimum atomic E-state index is -0.516. The predicted octanol–water partition coefficient (Wildman–Crippen LogP) is 2.05. The molecule has 0 fully saturated rings. The van der Waals surface area contributed by atoms with E-state index >= 15 is 0 Å². The first kappa shape index (κ1) is 11.5. The summed E-state index contributed by atoms with van der Waals surface area (Å²) in [6, 6.07) is 3.29. The Kier molecular flexibility index (Phi) is 3.29. The smallest absolute Gasteiger partial charge is 0.344 e. The summed E-state index contributed by atoms with van der Waals surface area (Å²) in [6.07, 6.45) is 1.56. The standard InChI is InChI=1S/C11H15NO3/c1-11(2,3)15-10(13)8-6-5-7-12-9(8)14-4/h5-7H,1-4H3. The number of esters is 1. The van der Waals surface area contributed by atoms with Gasteiger partial charge in [0.15, 0.2) is 0 Å². The summed E-state index contributed by atoms with van der Waals surface area (Å²) in [6.45, 7) is 5.44. The van der Waals surface area contributed by atoms with Crippen LogP contribution in [0, 0.1) is 0 Å². The lowest BCUT2D eigenvalue weighted by molar-refractivity contribution is 0.00658. The topological polar surface area (TPSA) is 48.4 Å². The van der Waals surface area contributed by atoms with Crippen molar-refractivity contribution in [2.24, 2.45) is 0 Å². The number of carbonyl (C=O) groups excluding carboxylic acids is 1. The van der Waals surface area contributed by atoms with Crippen molar-refractivity contribution in [3.05, 3.63) is 23.9 Å². The second kappa shape index (κ2) is 4.29. The first-order chi connectivity index (χ1) is 6.94. The van der Waals surface area contributed by atoms with Gasteiger partial charge in [-0.3, -0.25) is 0 Å². The summed E-state index contributed by atoms with van der Waals surface area (Å²) in [7, 11) is 1.47. The lowest BCUT2D eigenvalue weighted by atomic mass is 10.2. The van der Waals surface area contributed by atoms with Crippen LogP contribution in [-0.4, -0.2) is 23.7 Å². The number of carbonyl (C=O) groups is 1. The van der Waals surface area contributed by atoms with Crippen molar-refractivity contribution < 1.29 is 14.3 Å². The Morgan fingerprint density at radius 1 is 1.40 bits per heavy atom. The summed E-state index contributed by atoms with van der Waals surface area (Å²) in [4.78, 5) is 15.6. The Labute approximate surface area is 89.2 Å². The number of methoxy groups -OCH3 is 1. The van der Waals surface area contributed by atoms with Gasteiger partial charge in [0.25, 0.3) is 0 Å². The quantitative estimate of drug-likeness (QED) is 0.699. The summed E-state index contributed by atoms with van der Waals surface area (Å²) in [5, 5.41) is 0. The highest BCUT2D eigenvalue weighted by Crippen LogP contribution is 2.18. The Morgan fingerprint density at radius 2 is 2.07 bits per heavy atom. The molecule has 15 heavy (non-hydrogen) atoms. The molecule has 0 amide bonds. The zero-order chi connectivity index (χ0) is 11.5. The molecule has 4 nitrogen and oxygen atoms in total. The number of hydrogen-bond acceptors (Lipinski definition) is 4. The van der Waals surface area contributed by atoms with Gasteiger partial charge in [0.2, 0.25) is 5.88 Å². The van der Waals surface area contributed by atoms with Crippen LogP contribution in [0.15, 0.2) is 18.3 Å². The van der Waals surface area contributed by atoms with E-state index in [9.17, 15) is 4.79 Å². The monoisotopic (exact) mass is 209 g/mol. The highest BCUT2D eigenvalue weighted by atomic mass is 16.6. The van der Waals surface area contributed by atoms with Gasteiger partial charge in [-0.25, -0.2) is 9.78 Å². The van der Waals surface area contributed by atoms with Crippen molar-refractivity contribution in [1.29, 1.82) is 0 Å². The van der Waals surface area contributed by atoms with E-state index in [0.29, 0.717) is 5.56 Å². The fraction of sp³-hybridized carbons (Fsp3) is 0.455. The number of rotatable bonds is 2. The van der Waals surface area contributed by atoms with E-state index in [1.54, 1.807) is 18.3 Å². The number of pyridine rings is 1. The number of ether oxygens (including phenoxy) is 2. The molecular weight excluding hydrogens is 194 g/mol. The number of nitrogens with zero attached hydrogens (tertiary/aromatic N) is 1. The molecule has 1 aromatic heterocycles. The van der Waals surface area contributed by atoms with Crippen LogP contribution in [-0.2, 0) is 4.74 Å². The van der Waals surface area contributed by atoms with Gasteiger partial charge in [-0.05, 0) is 32.9 Å². The molecular formula is C11H15NO3. The molecule has 0 bridgehead atoms. The molecule has 0 aliphatic rings. The van der Waals surface area contributed by atoms with Crippen LogP contribution in [0.2, 0.25) is 0 Å². The van der Waals surface area contributed by atoms with Crippen LogP contribution in [0.3, 0.4) is 0 Å². The van der Waals surface area contributed by atoms with E-state index in [4.69, 9.17) is 9.47 Å². The summed E-state index contributed by atoms with van der Waals surface area (Å²) in [5.41, 5.74) is -0.173. The van der Waals surface area contributed by atoms with Gasteiger partial charge in [0.1, 0.15) is 11.2 Å². The van der Waals surface area contributed by atoms with Crippen LogP contribution in [0.1, 0.15) is 31.1 Å². The highest BCUT2D eigenvalue weighted by molar-refractivity contribution is 5.92. The fourth-order valence-corrected chi connectivity index (χ4v) is 1.04. The Balaban J connectivity index is 2.91. The molecule has 0 unspecified atom stereocenters. The van der Waals surface area contributed by atoms with Crippen LogP contribution in [0.4, 0.5) is 0 Å². The molecule has 0 N–H and O–H groups in total. The second-order valence-electron chi connectivity index (χ2n) is 4.06. The Morgan fingerprint density at radius 3 is 2.60 bits per heavy atom. The summed E-state index contributed by atoms with van der Waals surface area (Å²) >= 11 is 0. The first-order valence-electron chi connectivity index (χ1n) is 4.66. The van der Waals surface area contributed by atoms with Crippen molar-refractivity contribution >= 4 is 5.97 Å². The molecule has 0 atom stereocenters. The van der Waals surface area contributed by atoms with E-state index in [-0.39, 0.29) is 5.88 Å². The first-order valence-corrected chi connectivity index (χ1v) is 4.66. The largest absolute Gasteiger partial charge is 0.480 e. The number of hydrogen-bond donors (Lipinski definition) is 0. The fourth-order valence-electron chi connectivity index (χ4n) is 1.04. The molecule has 0 aromatic carbocycles. The minimum absolute atomic E-state index is 0.284.